The Hall–Kier alpha value is -3.35. The molecule has 6 nitrogen and oxygen atoms in total. The summed E-state index contributed by atoms with van der Waals surface area (Å²) in [5.74, 6) is -0.635. The number of hydrogen-bond donors (Lipinski definition) is 1. The minimum atomic E-state index is -0.648. The first-order valence-corrected chi connectivity index (χ1v) is 9.62. The van der Waals surface area contributed by atoms with Crippen LogP contribution in [0.5, 0.6) is 0 Å². The molecule has 4 rings (SSSR count). The van der Waals surface area contributed by atoms with Crippen LogP contribution in [0.2, 0.25) is 10.0 Å². The number of esters is 1. The van der Waals surface area contributed by atoms with E-state index >= 15 is 0 Å². The molecule has 0 aliphatic carbocycles. The van der Waals surface area contributed by atoms with Crippen molar-refractivity contribution in [3.63, 3.8) is 0 Å². The number of hydrogen-bond acceptors (Lipinski definition) is 5. The number of aromatic nitrogens is 1. The number of para-hydroxylation sites is 1. The maximum Gasteiger partial charge on any atom is 0.339 e. The molecule has 0 fully saturated rings. The molecule has 0 aliphatic heterocycles. The Morgan fingerprint density at radius 2 is 1.83 bits per heavy atom. The van der Waals surface area contributed by atoms with E-state index in [0.29, 0.717) is 38.1 Å². The van der Waals surface area contributed by atoms with Crippen LogP contribution in [0.15, 0.2) is 71.3 Å². The van der Waals surface area contributed by atoms with Gasteiger partial charge in [0.25, 0.3) is 5.91 Å². The standard InChI is InChI=1S/C22H14Cl2N2O4/c23-16-8-7-13(10-17(16)24)25-21(27)12-30-22(28)15-11-19(20-6-3-9-29-20)26-18-5-2-1-4-14(15)18/h1-11H,12H2,(H,25,27). The van der Waals surface area contributed by atoms with Crippen molar-refractivity contribution >= 4 is 51.7 Å². The number of fused-ring (bicyclic) bond motifs is 1. The van der Waals surface area contributed by atoms with Gasteiger partial charge in [0.2, 0.25) is 0 Å². The zero-order valence-corrected chi connectivity index (χ0v) is 16.9. The molecular formula is C22H14Cl2N2O4. The number of rotatable bonds is 5. The van der Waals surface area contributed by atoms with Gasteiger partial charge in [0, 0.05) is 11.1 Å². The molecule has 30 heavy (non-hydrogen) atoms. The Bertz CT molecular complexity index is 1240. The normalized spacial score (nSPS) is 10.7. The van der Waals surface area contributed by atoms with Gasteiger partial charge in [0.05, 0.1) is 27.4 Å². The molecular weight excluding hydrogens is 427 g/mol. The quantitative estimate of drug-likeness (QED) is 0.408. The summed E-state index contributed by atoms with van der Waals surface area (Å²) in [5.41, 5.74) is 1.83. The molecule has 2 aromatic heterocycles. The van der Waals surface area contributed by atoms with E-state index in [4.69, 9.17) is 32.4 Å². The number of carbonyl (C=O) groups excluding carboxylic acids is 2. The van der Waals surface area contributed by atoms with Crippen molar-refractivity contribution in [3.8, 4) is 11.5 Å². The van der Waals surface area contributed by atoms with E-state index in [0.717, 1.165) is 0 Å². The van der Waals surface area contributed by atoms with Crippen LogP contribution in [0.4, 0.5) is 5.69 Å². The minimum absolute atomic E-state index is 0.286. The highest BCUT2D eigenvalue weighted by Gasteiger charge is 2.17. The molecule has 0 saturated carbocycles. The van der Waals surface area contributed by atoms with Crippen molar-refractivity contribution in [2.24, 2.45) is 0 Å². The second-order valence-electron chi connectivity index (χ2n) is 6.30. The summed E-state index contributed by atoms with van der Waals surface area (Å²) in [5, 5.41) is 3.89. The van der Waals surface area contributed by atoms with Crippen LogP contribution in [0.1, 0.15) is 10.4 Å². The summed E-state index contributed by atoms with van der Waals surface area (Å²) in [6.07, 6.45) is 1.53. The van der Waals surface area contributed by atoms with Crippen LogP contribution in [-0.4, -0.2) is 23.5 Å². The van der Waals surface area contributed by atoms with Gasteiger partial charge in [-0.3, -0.25) is 4.79 Å². The number of benzene rings is 2. The zero-order chi connectivity index (χ0) is 21.1. The number of pyridine rings is 1. The molecule has 0 unspecified atom stereocenters. The SMILES string of the molecule is O=C(COC(=O)c1cc(-c2ccco2)nc2ccccc12)Nc1ccc(Cl)c(Cl)c1. The molecule has 2 heterocycles. The third-order valence-corrected chi connectivity index (χ3v) is 4.99. The first-order chi connectivity index (χ1) is 14.5. The maximum absolute atomic E-state index is 12.7. The van der Waals surface area contributed by atoms with Gasteiger partial charge in [0.15, 0.2) is 12.4 Å². The Morgan fingerprint density at radius 3 is 2.60 bits per heavy atom. The molecule has 0 spiro atoms. The Labute approximate surface area is 181 Å². The van der Waals surface area contributed by atoms with Crippen molar-refractivity contribution < 1.29 is 18.7 Å². The first kappa shape index (κ1) is 19.9. The van der Waals surface area contributed by atoms with Gasteiger partial charge in [-0.25, -0.2) is 9.78 Å². The summed E-state index contributed by atoms with van der Waals surface area (Å²) in [6.45, 7) is -0.466. The molecule has 1 N–H and O–H groups in total. The fourth-order valence-electron chi connectivity index (χ4n) is 2.87. The smallest absolute Gasteiger partial charge is 0.339 e. The highest BCUT2D eigenvalue weighted by Crippen LogP contribution is 2.26. The average Bonchev–Trinajstić information content (AvgIpc) is 3.29. The van der Waals surface area contributed by atoms with E-state index in [1.54, 1.807) is 48.5 Å². The number of carbonyl (C=O) groups is 2. The third-order valence-electron chi connectivity index (χ3n) is 4.25. The Balaban J connectivity index is 1.52. The monoisotopic (exact) mass is 440 g/mol. The van der Waals surface area contributed by atoms with Gasteiger partial charge in [-0.05, 0) is 42.5 Å². The fraction of sp³-hybridized carbons (Fsp3) is 0.0455. The molecule has 4 aromatic rings. The van der Waals surface area contributed by atoms with E-state index in [-0.39, 0.29) is 5.56 Å². The Kier molecular flexibility index (Phi) is 5.70. The lowest BCUT2D eigenvalue weighted by molar-refractivity contribution is -0.119. The van der Waals surface area contributed by atoms with Gasteiger partial charge >= 0.3 is 5.97 Å². The van der Waals surface area contributed by atoms with E-state index in [1.165, 1.54) is 12.3 Å². The van der Waals surface area contributed by atoms with E-state index < -0.39 is 18.5 Å². The van der Waals surface area contributed by atoms with Crippen molar-refractivity contribution in [2.45, 2.75) is 0 Å². The molecule has 1 amide bonds. The molecule has 0 bridgehead atoms. The molecule has 0 atom stereocenters. The lowest BCUT2D eigenvalue weighted by Crippen LogP contribution is -2.21. The van der Waals surface area contributed by atoms with Crippen molar-refractivity contribution in [2.75, 3.05) is 11.9 Å². The number of anilines is 1. The minimum Gasteiger partial charge on any atom is -0.463 e. The lowest BCUT2D eigenvalue weighted by atomic mass is 10.1. The van der Waals surface area contributed by atoms with E-state index in [1.807, 2.05) is 6.07 Å². The number of halogens is 2. The van der Waals surface area contributed by atoms with Crippen LogP contribution in [-0.2, 0) is 9.53 Å². The van der Waals surface area contributed by atoms with Crippen LogP contribution in [0.25, 0.3) is 22.4 Å². The number of nitrogens with zero attached hydrogens (tertiary/aromatic N) is 1. The number of nitrogens with one attached hydrogen (secondary N) is 1. The topological polar surface area (TPSA) is 81.4 Å². The zero-order valence-electron chi connectivity index (χ0n) is 15.4. The molecule has 0 aliphatic rings. The van der Waals surface area contributed by atoms with Crippen LogP contribution in [0, 0.1) is 0 Å². The van der Waals surface area contributed by atoms with Crippen molar-refractivity contribution in [1.82, 2.24) is 4.98 Å². The fourth-order valence-corrected chi connectivity index (χ4v) is 3.17. The number of amides is 1. The summed E-state index contributed by atoms with van der Waals surface area (Å²) in [4.78, 5) is 29.4. The van der Waals surface area contributed by atoms with E-state index in [9.17, 15) is 9.59 Å². The average molecular weight is 441 g/mol. The van der Waals surface area contributed by atoms with Crippen LogP contribution < -0.4 is 5.32 Å². The lowest BCUT2D eigenvalue weighted by Gasteiger charge is -2.10. The number of furan rings is 1. The van der Waals surface area contributed by atoms with Crippen molar-refractivity contribution in [1.29, 1.82) is 0 Å². The third kappa shape index (κ3) is 4.30. The largest absolute Gasteiger partial charge is 0.463 e. The molecule has 2 aromatic carbocycles. The van der Waals surface area contributed by atoms with Gasteiger partial charge in [-0.1, -0.05) is 41.4 Å². The maximum atomic E-state index is 12.7. The predicted molar refractivity (Wildman–Crippen MR) is 115 cm³/mol. The summed E-state index contributed by atoms with van der Waals surface area (Å²) >= 11 is 11.8. The van der Waals surface area contributed by atoms with Gasteiger partial charge in [-0.2, -0.15) is 0 Å². The summed E-state index contributed by atoms with van der Waals surface area (Å²) < 4.78 is 10.6. The second-order valence-corrected chi connectivity index (χ2v) is 7.12. The van der Waals surface area contributed by atoms with Gasteiger partial charge in [0.1, 0.15) is 5.69 Å². The number of ether oxygens (including phenoxy) is 1. The summed E-state index contributed by atoms with van der Waals surface area (Å²) in [7, 11) is 0. The molecule has 150 valence electrons. The Morgan fingerprint density at radius 1 is 1.00 bits per heavy atom. The van der Waals surface area contributed by atoms with Crippen molar-refractivity contribution in [3.05, 3.63) is 82.5 Å². The van der Waals surface area contributed by atoms with Gasteiger partial charge in [-0.15, -0.1) is 0 Å². The van der Waals surface area contributed by atoms with E-state index in [2.05, 4.69) is 10.3 Å². The molecule has 0 radical (unpaired) electrons. The highest BCUT2D eigenvalue weighted by atomic mass is 35.5. The second kappa shape index (κ2) is 8.57. The highest BCUT2D eigenvalue weighted by molar-refractivity contribution is 6.42. The molecule has 8 heteroatoms. The van der Waals surface area contributed by atoms with Crippen LogP contribution >= 0.6 is 23.2 Å². The summed E-state index contributed by atoms with van der Waals surface area (Å²) in [6, 6.07) is 16.9. The predicted octanol–water partition coefficient (Wildman–Crippen LogP) is 5.60. The first-order valence-electron chi connectivity index (χ1n) is 8.87. The van der Waals surface area contributed by atoms with Crippen LogP contribution in [0.3, 0.4) is 0 Å². The van der Waals surface area contributed by atoms with Gasteiger partial charge < -0.3 is 14.5 Å². The molecule has 0 saturated heterocycles.